The van der Waals surface area contributed by atoms with Crippen LogP contribution in [0.25, 0.3) is 6.08 Å². The lowest BCUT2D eigenvalue weighted by Crippen LogP contribution is -2.36. The summed E-state index contributed by atoms with van der Waals surface area (Å²) in [6.07, 6.45) is 5.01. The maximum absolute atomic E-state index is 13.5. The summed E-state index contributed by atoms with van der Waals surface area (Å²) in [5, 5.41) is 0.431. The highest BCUT2D eigenvalue weighted by Gasteiger charge is 2.33. The number of amides is 2. The zero-order valence-electron chi connectivity index (χ0n) is 18.0. The molecule has 0 atom stereocenters. The fourth-order valence-electron chi connectivity index (χ4n) is 3.54. The van der Waals surface area contributed by atoms with Crippen LogP contribution >= 0.6 is 11.8 Å². The number of halogens is 1. The zero-order valence-corrected chi connectivity index (χ0v) is 18.9. The average Bonchev–Trinajstić information content (AvgIpc) is 3.57. The van der Waals surface area contributed by atoms with Crippen LogP contribution in [-0.2, 0) is 9.59 Å². The van der Waals surface area contributed by atoms with E-state index in [4.69, 9.17) is 0 Å². The second-order valence-corrected chi connectivity index (χ2v) is 8.97. The number of aliphatic imine (C=N–C) groups is 1. The molecule has 0 spiro atoms. The van der Waals surface area contributed by atoms with Crippen LogP contribution in [0.2, 0.25) is 0 Å². The van der Waals surface area contributed by atoms with Gasteiger partial charge in [-0.1, -0.05) is 49.0 Å². The molecule has 2 aromatic carbocycles. The van der Waals surface area contributed by atoms with E-state index in [2.05, 4.69) is 11.9 Å². The minimum Gasteiger partial charge on any atom is -0.342 e. The highest BCUT2D eigenvalue weighted by Crippen LogP contribution is 2.31. The summed E-state index contributed by atoms with van der Waals surface area (Å²) in [5.74, 6) is 0.209. The highest BCUT2D eigenvalue weighted by atomic mass is 32.2. The monoisotopic (exact) mass is 451 g/mol. The Kier molecular flexibility index (Phi) is 7.05. The predicted octanol–water partition coefficient (Wildman–Crippen LogP) is 4.95. The van der Waals surface area contributed by atoms with Crippen molar-refractivity contribution in [3.05, 3.63) is 71.7 Å². The van der Waals surface area contributed by atoms with Gasteiger partial charge in [0.25, 0.3) is 5.91 Å². The van der Waals surface area contributed by atoms with Crippen molar-refractivity contribution in [3.63, 3.8) is 0 Å². The van der Waals surface area contributed by atoms with Gasteiger partial charge < -0.3 is 4.90 Å². The first-order valence-electron chi connectivity index (χ1n) is 10.9. The summed E-state index contributed by atoms with van der Waals surface area (Å²) >= 11 is 1.25. The second-order valence-electron chi connectivity index (χ2n) is 8.02. The van der Waals surface area contributed by atoms with E-state index in [1.165, 1.54) is 41.6 Å². The number of nitrogens with zero attached hydrogens (tertiary/aromatic N) is 3. The second kappa shape index (κ2) is 10.1. The van der Waals surface area contributed by atoms with Crippen molar-refractivity contribution in [1.82, 2.24) is 4.90 Å². The summed E-state index contributed by atoms with van der Waals surface area (Å²) in [6.45, 7) is 3.61. The Morgan fingerprint density at radius 3 is 2.56 bits per heavy atom. The van der Waals surface area contributed by atoms with E-state index in [9.17, 15) is 14.0 Å². The lowest BCUT2D eigenvalue weighted by atomic mass is 10.2. The average molecular weight is 452 g/mol. The highest BCUT2D eigenvalue weighted by molar-refractivity contribution is 8.14. The molecule has 2 amide bonds. The molecule has 0 bridgehead atoms. The molecule has 2 aliphatic rings. The molecule has 1 fully saturated rings. The molecular weight excluding hydrogens is 425 g/mol. The van der Waals surface area contributed by atoms with Gasteiger partial charge in [-0.15, -0.1) is 0 Å². The van der Waals surface area contributed by atoms with Crippen molar-refractivity contribution in [2.75, 3.05) is 23.7 Å². The Hall–Kier alpha value is -2.93. The van der Waals surface area contributed by atoms with Gasteiger partial charge in [0.15, 0.2) is 5.17 Å². The maximum Gasteiger partial charge on any atom is 0.283 e. The van der Waals surface area contributed by atoms with E-state index in [0.717, 1.165) is 25.1 Å². The molecule has 1 heterocycles. The van der Waals surface area contributed by atoms with Gasteiger partial charge >= 0.3 is 0 Å². The summed E-state index contributed by atoms with van der Waals surface area (Å²) in [7, 11) is 0. The number of carbonyl (C=O) groups is 2. The minimum atomic E-state index is -0.378. The Balaban J connectivity index is 1.55. The van der Waals surface area contributed by atoms with Crippen LogP contribution < -0.4 is 4.90 Å². The van der Waals surface area contributed by atoms with E-state index in [1.807, 2.05) is 35.2 Å². The molecule has 0 radical (unpaired) electrons. The Labute approximate surface area is 192 Å². The summed E-state index contributed by atoms with van der Waals surface area (Å²) in [6, 6.07) is 15.2. The van der Waals surface area contributed by atoms with Crippen LogP contribution in [0.15, 0.2) is 65.3 Å². The van der Waals surface area contributed by atoms with Gasteiger partial charge in [-0.2, -0.15) is 0 Å². The van der Waals surface area contributed by atoms with E-state index >= 15 is 0 Å². The number of anilines is 1. The van der Waals surface area contributed by atoms with Gasteiger partial charge in [-0.25, -0.2) is 9.38 Å². The summed E-state index contributed by atoms with van der Waals surface area (Å²) in [4.78, 5) is 34.0. The maximum atomic E-state index is 13.5. The number of thioether (sulfide) groups is 1. The molecule has 1 aliphatic carbocycles. The van der Waals surface area contributed by atoms with Crippen LogP contribution in [0.4, 0.5) is 10.1 Å². The first-order chi connectivity index (χ1) is 15.5. The van der Waals surface area contributed by atoms with Gasteiger partial charge in [0.05, 0.1) is 11.4 Å². The van der Waals surface area contributed by atoms with Crippen LogP contribution in [0.5, 0.6) is 0 Å². The van der Waals surface area contributed by atoms with Crippen LogP contribution in [0.1, 0.15) is 31.7 Å². The molecule has 7 heteroatoms. The largest absolute Gasteiger partial charge is 0.342 e. The molecule has 0 N–H and O–H groups in total. The molecule has 32 heavy (non-hydrogen) atoms. The van der Waals surface area contributed by atoms with Crippen molar-refractivity contribution in [2.24, 2.45) is 10.9 Å². The standard InChI is InChI=1S/C25H26FN3O2S/c1-2-14-28(16-19-8-9-19)23(30)17-32-25-27-22(15-18-6-4-3-5-7-18)24(31)29(25)21-12-10-20(26)11-13-21/h3-7,10-13,15,19H,2,8-9,14,16-17H2,1H3/b22-15-. The lowest BCUT2D eigenvalue weighted by Gasteiger charge is -2.23. The summed E-state index contributed by atoms with van der Waals surface area (Å²) < 4.78 is 13.5. The zero-order chi connectivity index (χ0) is 22.5. The van der Waals surface area contributed by atoms with Crippen LogP contribution in [0, 0.1) is 11.7 Å². The SMILES string of the molecule is CCCN(CC1CC1)C(=O)CSC1=N/C(=C\c2ccccc2)C(=O)N1c1ccc(F)cc1. The molecule has 5 nitrogen and oxygen atoms in total. The Morgan fingerprint density at radius 1 is 1.19 bits per heavy atom. The van der Waals surface area contributed by atoms with Gasteiger partial charge in [0, 0.05) is 13.1 Å². The van der Waals surface area contributed by atoms with E-state index in [0.29, 0.717) is 22.5 Å². The van der Waals surface area contributed by atoms with E-state index in [-0.39, 0.29) is 23.4 Å². The number of carbonyl (C=O) groups excluding carboxylic acids is 2. The van der Waals surface area contributed by atoms with Crippen LogP contribution in [0.3, 0.4) is 0 Å². The number of hydrogen-bond donors (Lipinski definition) is 0. The molecule has 2 aromatic rings. The topological polar surface area (TPSA) is 53.0 Å². The smallest absolute Gasteiger partial charge is 0.283 e. The first kappa shape index (κ1) is 22.3. The molecule has 166 valence electrons. The lowest BCUT2D eigenvalue weighted by molar-refractivity contribution is -0.128. The quantitative estimate of drug-likeness (QED) is 0.534. The van der Waals surface area contributed by atoms with Crippen LogP contribution in [-0.4, -0.2) is 40.7 Å². The van der Waals surface area contributed by atoms with Gasteiger partial charge in [0.2, 0.25) is 5.91 Å². The molecule has 1 saturated carbocycles. The number of rotatable bonds is 8. The van der Waals surface area contributed by atoms with Crippen molar-refractivity contribution >= 4 is 40.5 Å². The third kappa shape index (κ3) is 5.46. The molecule has 1 aliphatic heterocycles. The summed E-state index contributed by atoms with van der Waals surface area (Å²) in [5.41, 5.74) is 1.67. The Morgan fingerprint density at radius 2 is 1.91 bits per heavy atom. The van der Waals surface area contributed by atoms with Crippen molar-refractivity contribution in [1.29, 1.82) is 0 Å². The molecule has 0 aromatic heterocycles. The number of amidine groups is 1. The van der Waals surface area contributed by atoms with E-state index < -0.39 is 0 Å². The fraction of sp³-hybridized carbons (Fsp3) is 0.320. The first-order valence-corrected chi connectivity index (χ1v) is 11.9. The van der Waals surface area contributed by atoms with Gasteiger partial charge in [-0.3, -0.25) is 14.5 Å². The number of hydrogen-bond acceptors (Lipinski definition) is 4. The van der Waals surface area contributed by atoms with E-state index in [1.54, 1.807) is 18.2 Å². The minimum absolute atomic E-state index is 0.0541. The number of benzene rings is 2. The van der Waals surface area contributed by atoms with Gasteiger partial charge in [-0.05, 0) is 61.1 Å². The molecular formula is C25H26FN3O2S. The van der Waals surface area contributed by atoms with Crippen molar-refractivity contribution in [2.45, 2.75) is 26.2 Å². The van der Waals surface area contributed by atoms with Crippen molar-refractivity contribution in [3.8, 4) is 0 Å². The molecule has 0 saturated heterocycles. The Bertz CT molecular complexity index is 1030. The third-order valence-electron chi connectivity index (χ3n) is 5.36. The molecule has 0 unspecified atom stereocenters. The van der Waals surface area contributed by atoms with Crippen molar-refractivity contribution < 1.29 is 14.0 Å². The third-order valence-corrected chi connectivity index (χ3v) is 6.29. The normalized spacial score (nSPS) is 17.1. The van der Waals surface area contributed by atoms with Gasteiger partial charge in [0.1, 0.15) is 11.5 Å². The fourth-order valence-corrected chi connectivity index (χ4v) is 4.45. The predicted molar refractivity (Wildman–Crippen MR) is 128 cm³/mol. The molecule has 4 rings (SSSR count).